The Hall–Kier alpha value is -3.75. The van der Waals surface area contributed by atoms with Crippen molar-refractivity contribution in [1.29, 1.82) is 0 Å². The van der Waals surface area contributed by atoms with Crippen LogP contribution in [0.2, 0.25) is 5.15 Å². The van der Waals surface area contributed by atoms with Crippen molar-refractivity contribution in [2.45, 2.75) is 36.7 Å². The molecule has 41 heavy (non-hydrogen) atoms. The van der Waals surface area contributed by atoms with E-state index in [-0.39, 0.29) is 12.7 Å². The van der Waals surface area contributed by atoms with Gasteiger partial charge in [-0.3, -0.25) is 4.79 Å². The Labute approximate surface area is 249 Å². The highest BCUT2D eigenvalue weighted by atomic mass is 35.5. The van der Waals surface area contributed by atoms with Crippen LogP contribution in [0.25, 0.3) is 0 Å². The highest BCUT2D eigenvalue weighted by Gasteiger charge is 2.21. The molecule has 4 aromatic rings. The first-order chi connectivity index (χ1) is 20.1. The van der Waals surface area contributed by atoms with Crippen molar-refractivity contribution in [2.75, 3.05) is 24.8 Å². The van der Waals surface area contributed by atoms with Crippen molar-refractivity contribution in [3.63, 3.8) is 0 Å². The van der Waals surface area contributed by atoms with Gasteiger partial charge in [0.25, 0.3) is 5.91 Å². The van der Waals surface area contributed by atoms with Crippen LogP contribution in [0.4, 0.5) is 5.82 Å². The molecule has 9 heteroatoms. The van der Waals surface area contributed by atoms with E-state index < -0.39 is 0 Å². The van der Waals surface area contributed by atoms with E-state index in [1.165, 1.54) is 5.56 Å². The summed E-state index contributed by atoms with van der Waals surface area (Å²) in [6, 6.07) is 25.9. The van der Waals surface area contributed by atoms with Crippen molar-refractivity contribution in [2.24, 2.45) is 5.92 Å². The Bertz CT molecular complexity index is 1500. The number of anilines is 1. The number of nitrogens with one attached hydrogen (secondary N) is 1. The molecular formula is C32H31ClN4O3S. The van der Waals surface area contributed by atoms with Gasteiger partial charge in [0.1, 0.15) is 11.0 Å². The van der Waals surface area contributed by atoms with E-state index in [4.69, 9.17) is 26.1 Å². The maximum Gasteiger partial charge on any atom is 0.251 e. The second-order valence-corrected chi connectivity index (χ2v) is 11.6. The lowest BCUT2D eigenvalue weighted by atomic mass is 9.90. The van der Waals surface area contributed by atoms with Crippen LogP contribution in [0, 0.1) is 5.92 Å². The third-order valence-corrected chi connectivity index (χ3v) is 8.55. The van der Waals surface area contributed by atoms with Crippen molar-refractivity contribution in [3.05, 3.63) is 106 Å². The summed E-state index contributed by atoms with van der Waals surface area (Å²) in [5.41, 5.74) is 4.04. The lowest BCUT2D eigenvalue weighted by molar-refractivity contribution is 0.0951. The van der Waals surface area contributed by atoms with Crippen LogP contribution >= 0.6 is 23.4 Å². The van der Waals surface area contributed by atoms with Crippen LogP contribution in [0.15, 0.2) is 84.0 Å². The Morgan fingerprint density at radius 2 is 1.66 bits per heavy atom. The van der Waals surface area contributed by atoms with Gasteiger partial charge in [0.15, 0.2) is 16.7 Å². The molecule has 1 amide bonds. The molecule has 0 bridgehead atoms. The van der Waals surface area contributed by atoms with Crippen molar-refractivity contribution in [3.8, 4) is 11.5 Å². The number of carbonyl (C=O) groups excluding carboxylic acids is 1. The van der Waals surface area contributed by atoms with Gasteiger partial charge in [0.05, 0.1) is 0 Å². The number of aromatic nitrogens is 2. The monoisotopic (exact) mass is 586 g/mol. The summed E-state index contributed by atoms with van der Waals surface area (Å²) in [6.45, 7) is 2.57. The molecule has 3 heterocycles. The molecule has 1 N–H and O–H groups in total. The number of halogens is 1. The number of ether oxygens (including phenoxy) is 2. The number of amides is 1. The summed E-state index contributed by atoms with van der Waals surface area (Å²) >= 11 is 7.94. The van der Waals surface area contributed by atoms with Crippen LogP contribution in [0.5, 0.6) is 11.5 Å². The Kier molecular flexibility index (Phi) is 8.58. The first kappa shape index (κ1) is 27.4. The molecule has 210 valence electrons. The van der Waals surface area contributed by atoms with E-state index in [2.05, 4.69) is 45.5 Å². The van der Waals surface area contributed by atoms with Gasteiger partial charge in [-0.05, 0) is 66.1 Å². The summed E-state index contributed by atoms with van der Waals surface area (Å²) in [6.07, 6.45) is 3.39. The minimum absolute atomic E-state index is 0.128. The molecule has 0 spiro atoms. The molecule has 0 saturated carbocycles. The maximum atomic E-state index is 12.7. The summed E-state index contributed by atoms with van der Waals surface area (Å²) in [5, 5.41) is 4.08. The van der Waals surface area contributed by atoms with Gasteiger partial charge in [-0.2, -0.15) is 0 Å². The minimum atomic E-state index is -0.128. The maximum absolute atomic E-state index is 12.7. The van der Waals surface area contributed by atoms with E-state index >= 15 is 0 Å². The molecule has 2 aliphatic rings. The molecule has 7 nitrogen and oxygen atoms in total. The predicted molar refractivity (Wildman–Crippen MR) is 162 cm³/mol. The zero-order chi connectivity index (χ0) is 28.0. The summed E-state index contributed by atoms with van der Waals surface area (Å²) in [5.74, 6) is 3.56. The molecule has 3 aromatic carbocycles. The minimum Gasteiger partial charge on any atom is -0.454 e. The average molecular weight is 587 g/mol. The van der Waals surface area contributed by atoms with E-state index in [9.17, 15) is 4.79 Å². The van der Waals surface area contributed by atoms with Gasteiger partial charge in [-0.15, -0.1) is 0 Å². The Morgan fingerprint density at radius 3 is 2.46 bits per heavy atom. The van der Waals surface area contributed by atoms with Crippen LogP contribution in [0.1, 0.15) is 39.9 Å². The number of piperidine rings is 1. The van der Waals surface area contributed by atoms with E-state index in [0.717, 1.165) is 55.0 Å². The Balaban J connectivity index is 0.995. The molecule has 1 fully saturated rings. The molecule has 1 saturated heterocycles. The van der Waals surface area contributed by atoms with Crippen LogP contribution in [-0.2, 0) is 18.7 Å². The lowest BCUT2D eigenvalue weighted by Gasteiger charge is -2.33. The standard InChI is InChI=1S/C32H31ClN4O3S/c33-29-18-30(37-14-12-23(13-15-37)16-22-4-2-1-3-5-22)36-32(35-29)41-20-24-6-9-26(10-7-24)31(38)34-19-25-8-11-27-28(17-25)40-21-39-27/h1-11,17-18,23H,12-16,19-21H2,(H,34,38). The second kappa shape index (κ2) is 12.8. The van der Waals surface area contributed by atoms with Crippen molar-refractivity contribution in [1.82, 2.24) is 15.3 Å². The fourth-order valence-electron chi connectivity index (χ4n) is 5.16. The molecule has 0 atom stereocenters. The number of nitrogens with zero attached hydrogens (tertiary/aromatic N) is 3. The highest BCUT2D eigenvalue weighted by Crippen LogP contribution is 2.32. The largest absolute Gasteiger partial charge is 0.454 e. The quantitative estimate of drug-likeness (QED) is 0.136. The van der Waals surface area contributed by atoms with Gasteiger partial charge in [0.2, 0.25) is 6.79 Å². The zero-order valence-corrected chi connectivity index (χ0v) is 24.2. The van der Waals surface area contributed by atoms with Gasteiger partial charge in [-0.1, -0.05) is 71.9 Å². The molecule has 6 rings (SSSR count). The number of rotatable bonds is 9. The molecular weight excluding hydrogens is 556 g/mol. The van der Waals surface area contributed by atoms with Crippen molar-refractivity contribution < 1.29 is 14.3 Å². The number of benzene rings is 3. The third-order valence-electron chi connectivity index (χ3n) is 7.44. The van der Waals surface area contributed by atoms with Gasteiger partial charge in [-0.25, -0.2) is 9.97 Å². The van der Waals surface area contributed by atoms with Crippen molar-refractivity contribution >= 4 is 35.1 Å². The normalized spacial score (nSPS) is 14.7. The SMILES string of the molecule is O=C(NCc1ccc2c(c1)OCO2)c1ccc(CSc2nc(Cl)cc(N3CCC(Cc4ccccc4)CC3)n2)cc1. The number of hydrogen-bond acceptors (Lipinski definition) is 7. The molecule has 0 radical (unpaired) electrons. The van der Waals surface area contributed by atoms with E-state index in [0.29, 0.717) is 39.8 Å². The lowest BCUT2D eigenvalue weighted by Crippen LogP contribution is -2.35. The van der Waals surface area contributed by atoms with E-state index in [1.807, 2.05) is 48.5 Å². The number of carbonyl (C=O) groups is 1. The number of thioether (sulfide) groups is 1. The topological polar surface area (TPSA) is 76.6 Å². The number of hydrogen-bond donors (Lipinski definition) is 1. The number of fused-ring (bicyclic) bond motifs is 1. The highest BCUT2D eigenvalue weighted by molar-refractivity contribution is 7.98. The zero-order valence-electron chi connectivity index (χ0n) is 22.6. The Morgan fingerprint density at radius 1 is 0.902 bits per heavy atom. The summed E-state index contributed by atoms with van der Waals surface area (Å²) in [7, 11) is 0. The molecule has 2 aliphatic heterocycles. The third kappa shape index (κ3) is 7.13. The summed E-state index contributed by atoms with van der Waals surface area (Å²) < 4.78 is 10.7. The fourth-order valence-corrected chi connectivity index (χ4v) is 6.20. The molecule has 0 aliphatic carbocycles. The second-order valence-electron chi connectivity index (χ2n) is 10.3. The average Bonchev–Trinajstić information content (AvgIpc) is 3.48. The van der Waals surface area contributed by atoms with Gasteiger partial charge in [0, 0.05) is 37.0 Å². The summed E-state index contributed by atoms with van der Waals surface area (Å²) in [4.78, 5) is 24.2. The first-order valence-corrected chi connectivity index (χ1v) is 15.2. The first-order valence-electron chi connectivity index (χ1n) is 13.8. The van der Waals surface area contributed by atoms with Crippen LogP contribution in [-0.4, -0.2) is 35.8 Å². The van der Waals surface area contributed by atoms with Gasteiger partial charge >= 0.3 is 0 Å². The molecule has 0 unspecified atom stereocenters. The fraction of sp³-hybridized carbons (Fsp3) is 0.281. The molecule has 1 aromatic heterocycles. The van der Waals surface area contributed by atoms with Crippen LogP contribution in [0.3, 0.4) is 0 Å². The van der Waals surface area contributed by atoms with Crippen LogP contribution < -0.4 is 19.7 Å². The van der Waals surface area contributed by atoms with Gasteiger partial charge < -0.3 is 19.7 Å². The predicted octanol–water partition coefficient (Wildman–Crippen LogP) is 6.54. The van der Waals surface area contributed by atoms with E-state index in [1.54, 1.807) is 11.8 Å². The smallest absolute Gasteiger partial charge is 0.251 e.